The van der Waals surface area contributed by atoms with Crippen molar-refractivity contribution >= 4 is 7.92 Å². The molecule has 2 aromatic carbocycles. The Kier molecular flexibility index (Phi) is 12.1. The lowest BCUT2D eigenvalue weighted by molar-refractivity contribution is 1.50. The first-order valence-electron chi connectivity index (χ1n) is 5.92. The summed E-state index contributed by atoms with van der Waals surface area (Å²) >= 11 is 0. The van der Waals surface area contributed by atoms with E-state index in [0.717, 1.165) is 0 Å². The first-order valence-corrected chi connectivity index (χ1v) is 8.34. The fourth-order valence-electron chi connectivity index (χ4n) is 0.770. The van der Waals surface area contributed by atoms with Crippen LogP contribution >= 0.6 is 7.92 Å². The van der Waals surface area contributed by atoms with Crippen LogP contribution in [0.5, 0.6) is 0 Å². The zero-order valence-electron chi connectivity index (χ0n) is 11.1. The Morgan fingerprint density at radius 1 is 0.529 bits per heavy atom. The Morgan fingerprint density at radius 2 is 0.647 bits per heavy atom. The average Bonchev–Trinajstić information content (AvgIpc) is 2.44. The fourth-order valence-corrected chi connectivity index (χ4v) is 0.770. The Labute approximate surface area is 107 Å². The van der Waals surface area contributed by atoms with E-state index in [4.69, 9.17) is 0 Å². The van der Waals surface area contributed by atoms with Gasteiger partial charge in [0, 0.05) is 0 Å². The average molecular weight is 246 g/mol. The van der Waals surface area contributed by atoms with Crippen LogP contribution in [-0.2, 0) is 0 Å². The quantitative estimate of drug-likeness (QED) is 0.612. The van der Waals surface area contributed by atoms with E-state index in [2.05, 4.69) is 20.3 Å². The minimum Gasteiger partial charge on any atom is -0.113 e. The van der Waals surface area contributed by atoms with Crippen molar-refractivity contribution in [1.82, 2.24) is 0 Å². The van der Waals surface area contributed by atoms with E-state index >= 15 is 0 Å². The lowest BCUT2D eigenvalue weighted by atomic mass is 10.4. The number of rotatable bonds is 1. The molecule has 0 bridgehead atoms. The molecule has 0 radical (unpaired) electrons. The molecule has 2 rings (SSSR count). The molecule has 0 unspecified atom stereocenters. The minimum absolute atomic E-state index is 0.402. The van der Waals surface area contributed by atoms with Crippen LogP contribution in [-0.4, -0.2) is 19.5 Å². The van der Waals surface area contributed by atoms with Gasteiger partial charge in [-0.05, 0) is 19.5 Å². The van der Waals surface area contributed by atoms with Gasteiger partial charge in [-0.3, -0.25) is 0 Å². The van der Waals surface area contributed by atoms with Crippen molar-refractivity contribution in [1.29, 1.82) is 0 Å². The van der Waals surface area contributed by atoms with Crippen molar-refractivity contribution in [3.05, 3.63) is 72.8 Å². The van der Waals surface area contributed by atoms with Crippen molar-refractivity contribution in [2.75, 3.05) is 19.5 Å². The standard InChI is InChI=1S/2C6H6.C4H11P/c2*1-2-4-6-5-3-1;1-4-5(2)3/h2*1-6H;4H2,1-3H3. The van der Waals surface area contributed by atoms with E-state index in [-0.39, 0.29) is 0 Å². The van der Waals surface area contributed by atoms with Gasteiger partial charge in [-0.2, -0.15) is 0 Å². The van der Waals surface area contributed by atoms with E-state index < -0.39 is 0 Å². The van der Waals surface area contributed by atoms with E-state index in [1.54, 1.807) is 0 Å². The summed E-state index contributed by atoms with van der Waals surface area (Å²) in [5, 5.41) is 0. The van der Waals surface area contributed by atoms with Crippen LogP contribution < -0.4 is 0 Å². The lowest BCUT2D eigenvalue weighted by Gasteiger charge is -1.92. The third kappa shape index (κ3) is 14.9. The van der Waals surface area contributed by atoms with Gasteiger partial charge >= 0.3 is 0 Å². The third-order valence-electron chi connectivity index (χ3n) is 1.97. The molecule has 0 heterocycles. The molecule has 92 valence electrons. The highest BCUT2D eigenvalue weighted by molar-refractivity contribution is 7.55. The molecule has 0 aliphatic heterocycles. The monoisotopic (exact) mass is 246 g/mol. The van der Waals surface area contributed by atoms with Gasteiger partial charge in [-0.15, -0.1) is 7.92 Å². The molecule has 0 amide bonds. The summed E-state index contributed by atoms with van der Waals surface area (Å²) in [7, 11) is 0.402. The Balaban J connectivity index is 0.000000228. The van der Waals surface area contributed by atoms with Gasteiger partial charge in [0.2, 0.25) is 0 Å². The van der Waals surface area contributed by atoms with Gasteiger partial charge in [0.15, 0.2) is 0 Å². The van der Waals surface area contributed by atoms with Gasteiger partial charge in [0.05, 0.1) is 0 Å². The zero-order chi connectivity index (χ0) is 12.8. The Bertz CT molecular complexity index is 231. The maximum absolute atomic E-state index is 2.29. The Hall–Kier alpha value is -1.13. The normalized spacial score (nSPS) is 8.47. The zero-order valence-corrected chi connectivity index (χ0v) is 12.0. The molecule has 0 N–H and O–H groups in total. The van der Waals surface area contributed by atoms with E-state index in [0.29, 0.717) is 7.92 Å². The van der Waals surface area contributed by atoms with Crippen LogP contribution in [0.1, 0.15) is 6.92 Å². The van der Waals surface area contributed by atoms with Gasteiger partial charge in [0.1, 0.15) is 0 Å². The molecule has 0 spiro atoms. The largest absolute Gasteiger partial charge is 0.113 e. The summed E-state index contributed by atoms with van der Waals surface area (Å²) in [4.78, 5) is 0. The SMILES string of the molecule is CCP(C)C.c1ccccc1.c1ccccc1. The Morgan fingerprint density at radius 3 is 0.706 bits per heavy atom. The van der Waals surface area contributed by atoms with E-state index in [1.165, 1.54) is 6.16 Å². The van der Waals surface area contributed by atoms with E-state index in [9.17, 15) is 0 Å². The smallest absolute Gasteiger partial charge is 0.0359 e. The predicted molar refractivity (Wildman–Crippen MR) is 82.2 cm³/mol. The molecule has 0 aliphatic carbocycles. The second-order valence-electron chi connectivity index (χ2n) is 3.71. The third-order valence-corrected chi connectivity index (χ3v) is 3.23. The molecule has 0 saturated carbocycles. The van der Waals surface area contributed by atoms with Crippen molar-refractivity contribution in [3.63, 3.8) is 0 Å². The number of hydrogen-bond acceptors (Lipinski definition) is 0. The maximum atomic E-state index is 2.29. The summed E-state index contributed by atoms with van der Waals surface area (Å²) in [6.45, 7) is 6.80. The van der Waals surface area contributed by atoms with Gasteiger partial charge in [0.25, 0.3) is 0 Å². The van der Waals surface area contributed by atoms with Gasteiger partial charge in [-0.25, -0.2) is 0 Å². The summed E-state index contributed by atoms with van der Waals surface area (Å²) in [6.07, 6.45) is 1.37. The highest BCUT2D eigenvalue weighted by Crippen LogP contribution is 2.21. The summed E-state index contributed by atoms with van der Waals surface area (Å²) in [6, 6.07) is 24.0. The highest BCUT2D eigenvalue weighted by atomic mass is 31.1. The van der Waals surface area contributed by atoms with Crippen LogP contribution in [0, 0.1) is 0 Å². The summed E-state index contributed by atoms with van der Waals surface area (Å²) in [5.41, 5.74) is 0. The van der Waals surface area contributed by atoms with Gasteiger partial charge in [-0.1, -0.05) is 79.7 Å². The van der Waals surface area contributed by atoms with Crippen molar-refractivity contribution < 1.29 is 0 Å². The van der Waals surface area contributed by atoms with E-state index in [1.807, 2.05) is 72.8 Å². The van der Waals surface area contributed by atoms with Crippen LogP contribution in [0.15, 0.2) is 72.8 Å². The van der Waals surface area contributed by atoms with Crippen molar-refractivity contribution in [2.24, 2.45) is 0 Å². The highest BCUT2D eigenvalue weighted by Gasteiger charge is 1.78. The van der Waals surface area contributed by atoms with Crippen LogP contribution in [0.3, 0.4) is 0 Å². The molecular formula is C16H23P. The first kappa shape index (κ1) is 15.9. The van der Waals surface area contributed by atoms with Crippen molar-refractivity contribution in [3.8, 4) is 0 Å². The number of benzene rings is 2. The summed E-state index contributed by atoms with van der Waals surface area (Å²) < 4.78 is 0. The van der Waals surface area contributed by atoms with Crippen LogP contribution in [0.4, 0.5) is 0 Å². The number of hydrogen-bond donors (Lipinski definition) is 0. The molecule has 0 nitrogen and oxygen atoms in total. The molecule has 0 aliphatic rings. The second kappa shape index (κ2) is 12.9. The van der Waals surface area contributed by atoms with Crippen LogP contribution in [0.2, 0.25) is 0 Å². The molecule has 0 atom stereocenters. The molecule has 0 fully saturated rings. The lowest BCUT2D eigenvalue weighted by Crippen LogP contribution is -1.65. The van der Waals surface area contributed by atoms with Gasteiger partial charge < -0.3 is 0 Å². The molecule has 0 aromatic heterocycles. The topological polar surface area (TPSA) is 0 Å². The maximum Gasteiger partial charge on any atom is -0.0359 e. The second-order valence-corrected chi connectivity index (χ2v) is 6.50. The molecule has 17 heavy (non-hydrogen) atoms. The summed E-state index contributed by atoms with van der Waals surface area (Å²) in [5.74, 6) is 0. The fraction of sp³-hybridized carbons (Fsp3) is 0.250. The molecule has 1 heteroatoms. The van der Waals surface area contributed by atoms with Crippen molar-refractivity contribution in [2.45, 2.75) is 6.92 Å². The molecule has 0 saturated heterocycles. The first-order chi connectivity index (χ1) is 8.27. The predicted octanol–water partition coefficient (Wildman–Crippen LogP) is 5.12. The molecule has 2 aromatic rings. The molecular weight excluding hydrogens is 223 g/mol. The van der Waals surface area contributed by atoms with Crippen LogP contribution in [0.25, 0.3) is 0 Å². The minimum atomic E-state index is 0.402.